The summed E-state index contributed by atoms with van der Waals surface area (Å²) in [6.07, 6.45) is -2.53. The molecule has 0 saturated heterocycles. The average Bonchev–Trinajstić information content (AvgIpc) is 1.81. The van der Waals surface area contributed by atoms with Crippen molar-refractivity contribution >= 4 is 19.7 Å². The van der Waals surface area contributed by atoms with E-state index in [1.165, 1.54) is 0 Å². The van der Waals surface area contributed by atoms with E-state index >= 15 is 0 Å². The van der Waals surface area contributed by atoms with Crippen LogP contribution in [0.3, 0.4) is 0 Å². The number of hydrogen-bond acceptors (Lipinski definition) is 3. The zero-order chi connectivity index (χ0) is 10.5. The van der Waals surface area contributed by atoms with Crippen LogP contribution in [-0.4, -0.2) is 33.8 Å². The Labute approximate surface area is 80.4 Å². The van der Waals surface area contributed by atoms with E-state index in [1.807, 2.05) is 0 Å². The molecule has 0 fully saturated rings. The lowest BCUT2D eigenvalue weighted by Crippen LogP contribution is -2.17. The van der Waals surface area contributed by atoms with Crippen LogP contribution < -0.4 is 0 Å². The molecule has 0 aliphatic heterocycles. The molecule has 7 heteroatoms. The van der Waals surface area contributed by atoms with Gasteiger partial charge >= 0.3 is 0 Å². The second-order valence-corrected chi connectivity index (χ2v) is 5.56. The highest BCUT2D eigenvalue weighted by Gasteiger charge is 2.13. The highest BCUT2D eigenvalue weighted by molar-refractivity contribution is 8.13. The van der Waals surface area contributed by atoms with E-state index in [1.54, 1.807) is 6.92 Å². The quantitative estimate of drug-likeness (QED) is 0.656. The summed E-state index contributed by atoms with van der Waals surface area (Å²) in [4.78, 5) is 0. The highest BCUT2D eigenvalue weighted by atomic mass is 35.7. The van der Waals surface area contributed by atoms with Crippen LogP contribution in [0.1, 0.15) is 6.92 Å². The van der Waals surface area contributed by atoms with E-state index in [2.05, 4.69) is 4.74 Å². The summed E-state index contributed by atoms with van der Waals surface area (Å²) in [5.74, 6) is -0.640. The van der Waals surface area contributed by atoms with E-state index in [9.17, 15) is 17.2 Å². The van der Waals surface area contributed by atoms with E-state index in [-0.39, 0.29) is 18.3 Å². The van der Waals surface area contributed by atoms with Gasteiger partial charge in [0.25, 0.3) is 6.43 Å². The minimum atomic E-state index is -3.57. The van der Waals surface area contributed by atoms with Crippen molar-refractivity contribution in [2.24, 2.45) is 5.92 Å². The summed E-state index contributed by atoms with van der Waals surface area (Å²) in [6.45, 7) is 0.856. The lowest BCUT2D eigenvalue weighted by atomic mass is 10.2. The van der Waals surface area contributed by atoms with Gasteiger partial charge in [0, 0.05) is 10.7 Å². The van der Waals surface area contributed by atoms with Crippen LogP contribution in [-0.2, 0) is 13.8 Å². The van der Waals surface area contributed by atoms with Gasteiger partial charge in [0.15, 0.2) is 0 Å². The maximum atomic E-state index is 11.6. The molecule has 0 spiro atoms. The van der Waals surface area contributed by atoms with Crippen LogP contribution in [0.15, 0.2) is 0 Å². The topological polar surface area (TPSA) is 43.4 Å². The zero-order valence-corrected chi connectivity index (χ0v) is 8.62. The van der Waals surface area contributed by atoms with Crippen molar-refractivity contribution < 1.29 is 21.9 Å². The van der Waals surface area contributed by atoms with Crippen molar-refractivity contribution in [3.8, 4) is 0 Å². The molecule has 0 aromatic rings. The van der Waals surface area contributed by atoms with Gasteiger partial charge in [0.1, 0.15) is 6.61 Å². The Morgan fingerprint density at radius 1 is 1.38 bits per heavy atom. The molecule has 3 nitrogen and oxygen atoms in total. The van der Waals surface area contributed by atoms with Crippen molar-refractivity contribution in [3.63, 3.8) is 0 Å². The van der Waals surface area contributed by atoms with Crippen molar-refractivity contribution in [3.05, 3.63) is 0 Å². The van der Waals surface area contributed by atoms with Gasteiger partial charge in [-0.25, -0.2) is 17.2 Å². The van der Waals surface area contributed by atoms with Crippen molar-refractivity contribution in [2.45, 2.75) is 13.3 Å². The Balaban J connectivity index is 3.58. The third-order valence-corrected chi connectivity index (χ3v) is 2.47. The summed E-state index contributed by atoms with van der Waals surface area (Å²) in [7, 11) is 1.37. The minimum absolute atomic E-state index is 0.0315. The molecule has 0 bridgehead atoms. The highest BCUT2D eigenvalue weighted by Crippen LogP contribution is 2.06. The second kappa shape index (κ2) is 5.72. The van der Waals surface area contributed by atoms with E-state index in [0.717, 1.165) is 0 Å². The van der Waals surface area contributed by atoms with Gasteiger partial charge in [-0.3, -0.25) is 0 Å². The predicted molar refractivity (Wildman–Crippen MR) is 45.6 cm³/mol. The number of rotatable bonds is 6. The van der Waals surface area contributed by atoms with Crippen LogP contribution in [0, 0.1) is 5.92 Å². The summed E-state index contributed by atoms with van der Waals surface area (Å²) >= 11 is 0. The molecule has 0 aliphatic carbocycles. The van der Waals surface area contributed by atoms with Crippen LogP contribution in [0.2, 0.25) is 0 Å². The molecule has 0 heterocycles. The molecular weight excluding hydrogens is 226 g/mol. The fraction of sp³-hybridized carbons (Fsp3) is 1.00. The first-order valence-corrected chi connectivity index (χ1v) is 6.07. The first-order valence-electron chi connectivity index (χ1n) is 3.59. The summed E-state index contributed by atoms with van der Waals surface area (Å²) in [5.41, 5.74) is 0. The van der Waals surface area contributed by atoms with Crippen molar-refractivity contribution in [2.75, 3.05) is 19.0 Å². The fourth-order valence-corrected chi connectivity index (χ4v) is 2.17. The molecule has 0 rings (SSSR count). The normalized spacial score (nSPS) is 14.8. The molecule has 0 amide bonds. The predicted octanol–water partition coefficient (Wildman–Crippen LogP) is 1.47. The van der Waals surface area contributed by atoms with Crippen molar-refractivity contribution in [1.29, 1.82) is 0 Å². The summed E-state index contributed by atoms with van der Waals surface area (Å²) in [6, 6.07) is 0. The van der Waals surface area contributed by atoms with Gasteiger partial charge in [0.2, 0.25) is 9.05 Å². The monoisotopic (exact) mass is 236 g/mol. The maximum Gasteiger partial charge on any atom is 0.261 e. The summed E-state index contributed by atoms with van der Waals surface area (Å²) in [5, 5.41) is 0. The molecule has 0 aromatic carbocycles. The molecular formula is C6H11ClF2O3S. The third kappa shape index (κ3) is 9.98. The van der Waals surface area contributed by atoms with Gasteiger partial charge in [-0.1, -0.05) is 6.92 Å². The van der Waals surface area contributed by atoms with E-state index in [4.69, 9.17) is 10.7 Å². The van der Waals surface area contributed by atoms with Crippen LogP contribution in [0.5, 0.6) is 0 Å². The lowest BCUT2D eigenvalue weighted by molar-refractivity contribution is 0.00833. The Morgan fingerprint density at radius 2 is 1.92 bits per heavy atom. The number of ether oxygens (including phenoxy) is 1. The Hall–Kier alpha value is 0.0600. The Bertz CT molecular complexity index is 230. The molecule has 0 N–H and O–H groups in total. The lowest BCUT2D eigenvalue weighted by Gasteiger charge is -2.09. The van der Waals surface area contributed by atoms with Gasteiger partial charge in [-0.05, 0) is 5.92 Å². The standard InChI is InChI=1S/C6H11ClF2O3S/c1-5(4-13(7,10)11)2-12-3-6(8)9/h5-6H,2-4H2,1H3. The number of hydrogen-bond donors (Lipinski definition) is 0. The molecule has 80 valence electrons. The minimum Gasteiger partial charge on any atom is -0.375 e. The molecule has 0 aliphatic rings. The molecule has 0 saturated carbocycles. The number of halogens is 3. The largest absolute Gasteiger partial charge is 0.375 e. The second-order valence-electron chi connectivity index (χ2n) is 2.74. The molecule has 1 atom stereocenters. The van der Waals surface area contributed by atoms with Crippen LogP contribution >= 0.6 is 10.7 Å². The number of alkyl halides is 2. The van der Waals surface area contributed by atoms with Gasteiger partial charge in [0.05, 0.1) is 12.4 Å². The van der Waals surface area contributed by atoms with Crippen LogP contribution in [0.25, 0.3) is 0 Å². The zero-order valence-electron chi connectivity index (χ0n) is 7.04. The van der Waals surface area contributed by atoms with E-state index < -0.39 is 22.1 Å². The van der Waals surface area contributed by atoms with E-state index in [0.29, 0.717) is 0 Å². The first kappa shape index (κ1) is 13.1. The molecule has 0 radical (unpaired) electrons. The SMILES string of the molecule is CC(COCC(F)F)CS(=O)(=O)Cl. The fourth-order valence-electron chi connectivity index (χ4n) is 0.746. The van der Waals surface area contributed by atoms with Crippen molar-refractivity contribution in [1.82, 2.24) is 0 Å². The van der Waals surface area contributed by atoms with Gasteiger partial charge in [-0.15, -0.1) is 0 Å². The van der Waals surface area contributed by atoms with Gasteiger partial charge < -0.3 is 4.74 Å². The average molecular weight is 237 g/mol. The van der Waals surface area contributed by atoms with Crippen LogP contribution in [0.4, 0.5) is 8.78 Å². The molecule has 0 aromatic heterocycles. The Kier molecular flexibility index (Phi) is 5.75. The first-order chi connectivity index (χ1) is 5.81. The maximum absolute atomic E-state index is 11.6. The smallest absolute Gasteiger partial charge is 0.261 e. The summed E-state index contributed by atoms with van der Waals surface area (Å²) < 4.78 is 48.6. The Morgan fingerprint density at radius 3 is 2.31 bits per heavy atom. The molecule has 13 heavy (non-hydrogen) atoms. The van der Waals surface area contributed by atoms with Gasteiger partial charge in [-0.2, -0.15) is 0 Å². The third-order valence-electron chi connectivity index (χ3n) is 1.13. The molecule has 1 unspecified atom stereocenters.